The molecule has 1 unspecified atom stereocenters. The number of para-hydroxylation sites is 1. The number of nitrogens with one attached hydrogen (secondary N) is 1. The van der Waals surface area contributed by atoms with Gasteiger partial charge in [-0.25, -0.2) is 0 Å². The molecule has 5 rings (SSSR count). The second-order valence-corrected chi connectivity index (χ2v) is 7.41. The minimum atomic E-state index is -0.485. The number of ether oxygens (including phenoxy) is 2. The Labute approximate surface area is 177 Å². The number of carbonyl (C=O) groups excluding carboxylic acids is 2. The lowest BCUT2D eigenvalue weighted by Crippen LogP contribution is -2.28. The number of fused-ring (bicyclic) bond motifs is 1. The highest BCUT2D eigenvalue weighted by atomic mass is 16.6. The molecule has 31 heavy (non-hydrogen) atoms. The van der Waals surface area contributed by atoms with Crippen molar-refractivity contribution in [1.82, 2.24) is 10.1 Å². The van der Waals surface area contributed by atoms with E-state index in [1.54, 1.807) is 42.2 Å². The van der Waals surface area contributed by atoms with Crippen molar-refractivity contribution in [3.8, 4) is 22.9 Å². The van der Waals surface area contributed by atoms with E-state index in [1.165, 1.54) is 0 Å². The minimum absolute atomic E-state index is 0.112. The summed E-state index contributed by atoms with van der Waals surface area (Å²) in [5.41, 5.74) is 1.91. The molecule has 0 bridgehead atoms. The van der Waals surface area contributed by atoms with Crippen LogP contribution in [0.3, 0.4) is 0 Å². The third-order valence-electron chi connectivity index (χ3n) is 5.29. The van der Waals surface area contributed by atoms with Gasteiger partial charge in [0.1, 0.15) is 13.2 Å². The van der Waals surface area contributed by atoms with Crippen LogP contribution in [0.2, 0.25) is 0 Å². The number of nitrogens with zero attached hydrogens (tertiary/aromatic N) is 3. The van der Waals surface area contributed by atoms with E-state index in [2.05, 4.69) is 15.5 Å². The number of anilines is 2. The molecular formula is C22H20N4O5. The molecule has 9 nitrogen and oxygen atoms in total. The van der Waals surface area contributed by atoms with Crippen LogP contribution in [-0.2, 0) is 9.59 Å². The third kappa shape index (κ3) is 3.70. The summed E-state index contributed by atoms with van der Waals surface area (Å²) >= 11 is 0. The first-order valence-electron chi connectivity index (χ1n) is 9.99. The first-order valence-corrected chi connectivity index (χ1v) is 9.99. The van der Waals surface area contributed by atoms with E-state index in [-0.39, 0.29) is 24.8 Å². The van der Waals surface area contributed by atoms with Gasteiger partial charge in [-0.15, -0.1) is 0 Å². The monoisotopic (exact) mass is 420 g/mol. The fourth-order valence-electron chi connectivity index (χ4n) is 3.76. The van der Waals surface area contributed by atoms with Gasteiger partial charge in [0.25, 0.3) is 0 Å². The van der Waals surface area contributed by atoms with Gasteiger partial charge in [0, 0.05) is 37.2 Å². The van der Waals surface area contributed by atoms with Crippen LogP contribution >= 0.6 is 0 Å². The van der Waals surface area contributed by atoms with Gasteiger partial charge < -0.3 is 24.2 Å². The van der Waals surface area contributed by atoms with Gasteiger partial charge in [-0.3, -0.25) is 9.59 Å². The Morgan fingerprint density at radius 3 is 2.74 bits per heavy atom. The fourth-order valence-corrected chi connectivity index (χ4v) is 3.76. The van der Waals surface area contributed by atoms with Crippen molar-refractivity contribution in [3.63, 3.8) is 0 Å². The predicted molar refractivity (Wildman–Crippen MR) is 111 cm³/mol. The summed E-state index contributed by atoms with van der Waals surface area (Å²) in [6.45, 7) is 2.96. The highest BCUT2D eigenvalue weighted by molar-refractivity contribution is 6.04. The van der Waals surface area contributed by atoms with Crippen LogP contribution in [-0.4, -0.2) is 41.7 Å². The van der Waals surface area contributed by atoms with Crippen LogP contribution in [0.25, 0.3) is 11.4 Å². The number of rotatable bonds is 4. The number of carbonyl (C=O) groups is 2. The van der Waals surface area contributed by atoms with Gasteiger partial charge in [-0.2, -0.15) is 4.98 Å². The van der Waals surface area contributed by atoms with Crippen molar-refractivity contribution in [2.24, 2.45) is 5.92 Å². The summed E-state index contributed by atoms with van der Waals surface area (Å²) < 4.78 is 16.2. The zero-order valence-corrected chi connectivity index (χ0v) is 16.8. The Bertz CT molecular complexity index is 1160. The molecule has 1 fully saturated rings. The number of benzene rings is 2. The van der Waals surface area contributed by atoms with Crippen LogP contribution < -0.4 is 19.7 Å². The molecule has 0 aliphatic carbocycles. The van der Waals surface area contributed by atoms with Crippen molar-refractivity contribution in [2.45, 2.75) is 13.3 Å². The van der Waals surface area contributed by atoms with Gasteiger partial charge >= 0.3 is 0 Å². The normalized spacial score (nSPS) is 17.6. The van der Waals surface area contributed by atoms with Crippen LogP contribution in [0.15, 0.2) is 47.0 Å². The lowest BCUT2D eigenvalue weighted by Gasteiger charge is -2.22. The Kier molecular flexibility index (Phi) is 4.78. The molecule has 1 atom stereocenters. The van der Waals surface area contributed by atoms with E-state index in [9.17, 15) is 9.59 Å². The van der Waals surface area contributed by atoms with Gasteiger partial charge in [0.2, 0.25) is 23.5 Å². The van der Waals surface area contributed by atoms with Gasteiger partial charge in [-0.1, -0.05) is 17.3 Å². The van der Waals surface area contributed by atoms with E-state index >= 15 is 0 Å². The lowest BCUT2D eigenvalue weighted by atomic mass is 10.1. The molecule has 2 aliphatic heterocycles. The number of aryl methyl sites for hydroxylation is 1. The Balaban J connectivity index is 1.32. The van der Waals surface area contributed by atoms with Crippen molar-refractivity contribution in [3.05, 3.63) is 48.4 Å². The Morgan fingerprint density at radius 2 is 1.94 bits per heavy atom. The summed E-state index contributed by atoms with van der Waals surface area (Å²) in [6.07, 6.45) is 0.129. The second kappa shape index (κ2) is 7.75. The second-order valence-electron chi connectivity index (χ2n) is 7.41. The van der Waals surface area contributed by atoms with Crippen LogP contribution in [0, 0.1) is 12.8 Å². The fraction of sp³-hybridized carbons (Fsp3) is 0.273. The first-order chi connectivity index (χ1) is 15.1. The molecule has 3 aromatic rings. The molecule has 0 radical (unpaired) electrons. The average molecular weight is 420 g/mol. The summed E-state index contributed by atoms with van der Waals surface area (Å²) in [4.78, 5) is 31.4. The Morgan fingerprint density at radius 1 is 1.13 bits per heavy atom. The molecule has 0 saturated carbocycles. The van der Waals surface area contributed by atoms with Gasteiger partial charge in [0.05, 0.1) is 11.6 Å². The molecule has 2 amide bonds. The highest BCUT2D eigenvalue weighted by Gasteiger charge is 2.36. The Hall–Kier alpha value is -3.88. The molecular weight excluding hydrogens is 400 g/mol. The number of amides is 2. The smallest absolute Gasteiger partial charge is 0.229 e. The number of hydrogen-bond donors (Lipinski definition) is 1. The van der Waals surface area contributed by atoms with E-state index in [0.29, 0.717) is 53.4 Å². The molecule has 1 N–H and O–H groups in total. The molecule has 1 aromatic heterocycles. The maximum Gasteiger partial charge on any atom is 0.229 e. The summed E-state index contributed by atoms with van der Waals surface area (Å²) in [5.74, 6) is 1.26. The molecule has 0 spiro atoms. The van der Waals surface area contributed by atoms with Gasteiger partial charge in [-0.05, 0) is 24.3 Å². The van der Waals surface area contributed by atoms with Crippen molar-refractivity contribution >= 4 is 23.2 Å². The maximum atomic E-state index is 13.0. The van der Waals surface area contributed by atoms with Crippen molar-refractivity contribution in [1.29, 1.82) is 0 Å². The molecule has 9 heteroatoms. The highest BCUT2D eigenvalue weighted by Crippen LogP contribution is 2.36. The quantitative estimate of drug-likeness (QED) is 0.692. The molecule has 1 saturated heterocycles. The topological polar surface area (TPSA) is 107 Å². The number of aromatic nitrogens is 2. The molecule has 158 valence electrons. The largest absolute Gasteiger partial charge is 0.486 e. The summed E-state index contributed by atoms with van der Waals surface area (Å²) in [7, 11) is 0. The number of hydrogen-bond acceptors (Lipinski definition) is 7. The molecule has 2 aromatic carbocycles. The van der Waals surface area contributed by atoms with Gasteiger partial charge in [0.15, 0.2) is 11.5 Å². The van der Waals surface area contributed by atoms with E-state index in [0.717, 1.165) is 0 Å². The summed E-state index contributed by atoms with van der Waals surface area (Å²) in [6, 6.07) is 12.6. The standard InChI is InChI=1S/C22H20N4O5/c1-13-23-21(25-31-13)16-4-2-3-5-17(16)24-22(28)14-10-20(27)26(12-14)15-6-7-18-19(11-15)30-9-8-29-18/h2-7,11,14H,8-10,12H2,1H3,(H,24,28). The SMILES string of the molecule is Cc1nc(-c2ccccc2NC(=O)C2CC(=O)N(c3ccc4c(c3)OCCO4)C2)no1. The maximum absolute atomic E-state index is 13.0. The van der Waals surface area contributed by atoms with Crippen molar-refractivity contribution in [2.75, 3.05) is 30.0 Å². The van der Waals surface area contributed by atoms with E-state index in [1.807, 2.05) is 12.1 Å². The zero-order chi connectivity index (χ0) is 21.4. The van der Waals surface area contributed by atoms with Crippen LogP contribution in [0.4, 0.5) is 11.4 Å². The van der Waals surface area contributed by atoms with Crippen molar-refractivity contribution < 1.29 is 23.6 Å². The predicted octanol–water partition coefficient (Wildman–Crippen LogP) is 2.81. The molecule has 2 aliphatic rings. The third-order valence-corrected chi connectivity index (χ3v) is 5.29. The molecule has 3 heterocycles. The average Bonchev–Trinajstić information content (AvgIpc) is 3.39. The van der Waals surface area contributed by atoms with Crippen LogP contribution in [0.5, 0.6) is 11.5 Å². The first kappa shape index (κ1) is 19.1. The zero-order valence-electron chi connectivity index (χ0n) is 16.8. The minimum Gasteiger partial charge on any atom is -0.486 e. The van der Waals surface area contributed by atoms with Crippen LogP contribution in [0.1, 0.15) is 12.3 Å². The van der Waals surface area contributed by atoms with E-state index in [4.69, 9.17) is 14.0 Å². The van der Waals surface area contributed by atoms with E-state index < -0.39 is 5.92 Å². The summed E-state index contributed by atoms with van der Waals surface area (Å²) in [5, 5.41) is 6.85. The lowest BCUT2D eigenvalue weighted by molar-refractivity contribution is -0.122.